The van der Waals surface area contributed by atoms with Gasteiger partial charge in [0.2, 0.25) is 0 Å². The second kappa shape index (κ2) is 5.00. The number of aryl methyl sites for hydroxylation is 1. The molecule has 1 aromatic heterocycles. The summed E-state index contributed by atoms with van der Waals surface area (Å²) >= 11 is 0. The van der Waals surface area contributed by atoms with Gasteiger partial charge in [0.25, 0.3) is 0 Å². The van der Waals surface area contributed by atoms with Crippen molar-refractivity contribution in [1.82, 2.24) is 15.0 Å². The van der Waals surface area contributed by atoms with Gasteiger partial charge in [0.1, 0.15) is 0 Å². The highest BCUT2D eigenvalue weighted by Gasteiger charge is 2.30. The van der Waals surface area contributed by atoms with E-state index in [4.69, 9.17) is 5.11 Å². The quantitative estimate of drug-likeness (QED) is 0.930. The number of nitrogens with zero attached hydrogens (tertiary/aromatic N) is 3. The molecule has 19 heavy (non-hydrogen) atoms. The maximum Gasteiger partial charge on any atom is 0.416 e. The Hall–Kier alpha value is -1.89. The van der Waals surface area contributed by atoms with Gasteiger partial charge >= 0.3 is 6.18 Å². The number of hydrogen-bond acceptors (Lipinski definition) is 3. The first kappa shape index (κ1) is 13.5. The fraction of sp³-hybridized carbons (Fsp3) is 0.333. The zero-order valence-electron chi connectivity index (χ0n) is 10.1. The summed E-state index contributed by atoms with van der Waals surface area (Å²) in [5.41, 5.74) is 1.01. The van der Waals surface area contributed by atoms with Crippen LogP contribution in [0.3, 0.4) is 0 Å². The van der Waals surface area contributed by atoms with Crippen molar-refractivity contribution >= 4 is 0 Å². The van der Waals surface area contributed by atoms with Crippen LogP contribution in [0.15, 0.2) is 24.3 Å². The van der Waals surface area contributed by atoms with Crippen LogP contribution in [-0.2, 0) is 12.6 Å². The molecule has 0 unspecified atom stereocenters. The molecule has 0 aliphatic rings. The lowest BCUT2D eigenvalue weighted by atomic mass is 10.2. The Bertz CT molecular complexity index is 561. The van der Waals surface area contributed by atoms with Crippen molar-refractivity contribution in [3.63, 3.8) is 0 Å². The Kier molecular flexibility index (Phi) is 3.57. The summed E-state index contributed by atoms with van der Waals surface area (Å²) in [5.74, 6) is 0. The van der Waals surface area contributed by atoms with Gasteiger partial charge in [-0.15, -0.1) is 0 Å². The first-order valence-electron chi connectivity index (χ1n) is 5.63. The van der Waals surface area contributed by atoms with Crippen LogP contribution >= 0.6 is 0 Å². The topological polar surface area (TPSA) is 50.9 Å². The Labute approximate surface area is 107 Å². The minimum absolute atomic E-state index is 0.0491. The fourth-order valence-electron chi connectivity index (χ4n) is 1.64. The molecule has 0 saturated carbocycles. The van der Waals surface area contributed by atoms with Gasteiger partial charge in [-0.3, -0.25) is 0 Å². The van der Waals surface area contributed by atoms with Crippen molar-refractivity contribution < 1.29 is 18.3 Å². The number of aliphatic hydroxyl groups is 1. The summed E-state index contributed by atoms with van der Waals surface area (Å²) in [6.07, 6.45) is -3.99. The van der Waals surface area contributed by atoms with Crippen molar-refractivity contribution in [3.05, 3.63) is 41.2 Å². The number of hydrogen-bond donors (Lipinski definition) is 1. The maximum atomic E-state index is 12.4. The van der Waals surface area contributed by atoms with Gasteiger partial charge in [-0.1, -0.05) is 0 Å². The molecule has 2 aromatic rings. The molecule has 1 N–H and O–H groups in total. The lowest BCUT2D eigenvalue weighted by Gasteiger charge is -2.06. The summed E-state index contributed by atoms with van der Waals surface area (Å²) in [5, 5.41) is 17.1. The Morgan fingerprint density at radius 1 is 1.16 bits per heavy atom. The lowest BCUT2D eigenvalue weighted by molar-refractivity contribution is -0.137. The van der Waals surface area contributed by atoms with Gasteiger partial charge < -0.3 is 5.11 Å². The smallest absolute Gasteiger partial charge is 0.396 e. The second-order valence-corrected chi connectivity index (χ2v) is 4.04. The van der Waals surface area contributed by atoms with E-state index in [1.165, 1.54) is 16.9 Å². The number of benzene rings is 1. The zero-order valence-corrected chi connectivity index (χ0v) is 10.1. The van der Waals surface area contributed by atoms with Gasteiger partial charge in [-0.05, 0) is 31.2 Å². The Balaban J connectivity index is 2.30. The maximum absolute atomic E-state index is 12.4. The number of aromatic nitrogens is 3. The Morgan fingerprint density at radius 2 is 1.79 bits per heavy atom. The average molecular weight is 271 g/mol. The molecule has 1 heterocycles. The van der Waals surface area contributed by atoms with Crippen LogP contribution in [0.4, 0.5) is 13.2 Å². The zero-order chi connectivity index (χ0) is 14.0. The molecule has 4 nitrogen and oxygen atoms in total. The standard InChI is InChI=1S/C12H12F3N3O/c1-8-11(6-7-19)17-18(16-8)10-4-2-9(3-5-10)12(13,14)15/h2-5,19H,6-7H2,1H3. The van der Waals surface area contributed by atoms with E-state index in [1.54, 1.807) is 6.92 Å². The minimum Gasteiger partial charge on any atom is -0.396 e. The monoisotopic (exact) mass is 271 g/mol. The number of aliphatic hydroxyl groups excluding tert-OH is 1. The predicted octanol–water partition coefficient (Wildman–Crippen LogP) is 2.13. The molecule has 0 bridgehead atoms. The van der Waals surface area contributed by atoms with Crippen LogP contribution in [0.25, 0.3) is 5.69 Å². The highest BCUT2D eigenvalue weighted by molar-refractivity contribution is 5.34. The van der Waals surface area contributed by atoms with E-state index in [2.05, 4.69) is 10.2 Å². The van der Waals surface area contributed by atoms with Crippen molar-refractivity contribution in [2.45, 2.75) is 19.5 Å². The van der Waals surface area contributed by atoms with E-state index in [1.807, 2.05) is 0 Å². The minimum atomic E-state index is -4.35. The predicted molar refractivity (Wildman–Crippen MR) is 61.9 cm³/mol. The van der Waals surface area contributed by atoms with E-state index >= 15 is 0 Å². The molecule has 0 fully saturated rings. The SMILES string of the molecule is Cc1nn(-c2ccc(C(F)(F)F)cc2)nc1CCO. The van der Waals surface area contributed by atoms with E-state index in [9.17, 15) is 13.2 Å². The van der Waals surface area contributed by atoms with Crippen molar-refractivity contribution in [2.24, 2.45) is 0 Å². The molecule has 102 valence electrons. The second-order valence-electron chi connectivity index (χ2n) is 4.04. The Morgan fingerprint density at radius 3 is 2.32 bits per heavy atom. The average Bonchev–Trinajstić information content (AvgIpc) is 2.71. The number of rotatable bonds is 3. The van der Waals surface area contributed by atoms with Crippen molar-refractivity contribution in [3.8, 4) is 5.69 Å². The van der Waals surface area contributed by atoms with E-state index in [0.717, 1.165) is 12.1 Å². The molecule has 0 saturated heterocycles. The fourth-order valence-corrected chi connectivity index (χ4v) is 1.64. The van der Waals surface area contributed by atoms with Crippen molar-refractivity contribution in [1.29, 1.82) is 0 Å². The normalized spacial score (nSPS) is 11.8. The first-order chi connectivity index (χ1) is 8.91. The summed E-state index contributed by atoms with van der Waals surface area (Å²) < 4.78 is 37.3. The van der Waals surface area contributed by atoms with E-state index in [0.29, 0.717) is 23.5 Å². The van der Waals surface area contributed by atoms with Gasteiger partial charge in [-0.2, -0.15) is 28.2 Å². The third-order valence-electron chi connectivity index (χ3n) is 2.65. The molecule has 1 aromatic carbocycles. The molecule has 0 radical (unpaired) electrons. The van der Waals surface area contributed by atoms with Crippen LogP contribution in [0.1, 0.15) is 17.0 Å². The molecule has 0 aliphatic carbocycles. The summed E-state index contributed by atoms with van der Waals surface area (Å²) in [7, 11) is 0. The van der Waals surface area contributed by atoms with Gasteiger partial charge in [0.05, 0.1) is 22.6 Å². The van der Waals surface area contributed by atoms with E-state index < -0.39 is 11.7 Å². The third kappa shape index (κ3) is 2.93. The summed E-state index contributed by atoms with van der Waals surface area (Å²) in [4.78, 5) is 1.26. The molecule has 2 rings (SSSR count). The molecule has 0 atom stereocenters. The van der Waals surface area contributed by atoms with Crippen LogP contribution in [0.2, 0.25) is 0 Å². The van der Waals surface area contributed by atoms with Gasteiger partial charge in [-0.25, -0.2) is 0 Å². The largest absolute Gasteiger partial charge is 0.416 e. The molecular weight excluding hydrogens is 259 g/mol. The number of alkyl halides is 3. The lowest BCUT2D eigenvalue weighted by Crippen LogP contribution is -2.06. The van der Waals surface area contributed by atoms with Gasteiger partial charge in [0.15, 0.2) is 0 Å². The highest BCUT2D eigenvalue weighted by atomic mass is 19.4. The van der Waals surface area contributed by atoms with Crippen molar-refractivity contribution in [2.75, 3.05) is 6.61 Å². The summed E-state index contributed by atoms with van der Waals surface area (Å²) in [6, 6.07) is 4.59. The van der Waals surface area contributed by atoms with Crippen LogP contribution < -0.4 is 0 Å². The molecule has 0 amide bonds. The third-order valence-corrected chi connectivity index (χ3v) is 2.65. The van der Waals surface area contributed by atoms with Crippen LogP contribution in [-0.4, -0.2) is 26.7 Å². The van der Waals surface area contributed by atoms with Crippen LogP contribution in [0, 0.1) is 6.92 Å². The molecule has 7 heteroatoms. The molecular formula is C12H12F3N3O. The van der Waals surface area contributed by atoms with Gasteiger partial charge in [0, 0.05) is 13.0 Å². The first-order valence-corrected chi connectivity index (χ1v) is 5.63. The summed E-state index contributed by atoms with van der Waals surface area (Å²) in [6.45, 7) is 1.69. The highest BCUT2D eigenvalue weighted by Crippen LogP contribution is 2.29. The molecule has 0 spiro atoms. The van der Waals surface area contributed by atoms with E-state index in [-0.39, 0.29) is 6.61 Å². The van der Waals surface area contributed by atoms with Crippen LogP contribution in [0.5, 0.6) is 0 Å². The number of halogens is 3. The molecule has 0 aliphatic heterocycles.